The molecule has 2 aromatic rings. The molecule has 1 aromatic heterocycles. The van der Waals surface area contributed by atoms with E-state index in [0.29, 0.717) is 40.9 Å². The molecule has 3 rings (SSSR count). The second-order valence-electron chi connectivity index (χ2n) is 6.25. The van der Waals surface area contributed by atoms with Crippen LogP contribution in [0.3, 0.4) is 0 Å². The summed E-state index contributed by atoms with van der Waals surface area (Å²) in [6.45, 7) is 5.32. The summed E-state index contributed by atoms with van der Waals surface area (Å²) in [5.41, 5.74) is 2.28. The molecule has 0 aliphatic carbocycles. The van der Waals surface area contributed by atoms with Gasteiger partial charge in [-0.1, -0.05) is 30.2 Å². The van der Waals surface area contributed by atoms with Crippen LogP contribution in [0.2, 0.25) is 5.02 Å². The Bertz CT molecular complexity index is 822. The van der Waals surface area contributed by atoms with Crippen LogP contribution in [0.25, 0.3) is 0 Å². The van der Waals surface area contributed by atoms with Crippen LogP contribution in [0.4, 0.5) is 0 Å². The summed E-state index contributed by atoms with van der Waals surface area (Å²) in [5.74, 6) is 0. The van der Waals surface area contributed by atoms with E-state index in [-0.39, 0.29) is 0 Å². The highest BCUT2D eigenvalue weighted by molar-refractivity contribution is 7.89. The molecule has 24 heavy (non-hydrogen) atoms. The van der Waals surface area contributed by atoms with E-state index in [1.807, 2.05) is 31.2 Å². The smallest absolute Gasteiger partial charge is 0.246 e. The first kappa shape index (κ1) is 17.5. The van der Waals surface area contributed by atoms with Gasteiger partial charge < -0.3 is 0 Å². The van der Waals surface area contributed by atoms with Crippen molar-refractivity contribution >= 4 is 21.6 Å². The second-order valence-corrected chi connectivity index (χ2v) is 8.56. The van der Waals surface area contributed by atoms with E-state index in [1.54, 1.807) is 15.9 Å². The number of piperidine rings is 1. The molecule has 130 valence electrons. The van der Waals surface area contributed by atoms with E-state index >= 15 is 0 Å². The maximum atomic E-state index is 13.0. The third kappa shape index (κ3) is 3.36. The number of sulfonamides is 1. The number of aromatic nitrogens is 2. The summed E-state index contributed by atoms with van der Waals surface area (Å²) in [7, 11) is -3.47. The summed E-state index contributed by atoms with van der Waals surface area (Å²) >= 11 is 5.91. The summed E-state index contributed by atoms with van der Waals surface area (Å²) in [4.78, 5) is 0.360. The van der Waals surface area contributed by atoms with Gasteiger partial charge in [0.25, 0.3) is 0 Å². The monoisotopic (exact) mass is 367 g/mol. The normalized spacial score (nSPS) is 16.5. The zero-order chi connectivity index (χ0) is 17.3. The minimum Gasteiger partial charge on any atom is -0.264 e. The maximum Gasteiger partial charge on any atom is 0.246 e. The van der Waals surface area contributed by atoms with Crippen molar-refractivity contribution in [2.75, 3.05) is 13.1 Å². The number of rotatable bonds is 4. The number of hydrogen-bond donors (Lipinski definition) is 0. The van der Waals surface area contributed by atoms with Crippen LogP contribution in [0.15, 0.2) is 29.2 Å². The Hall–Kier alpha value is -1.37. The molecule has 2 heterocycles. The quantitative estimate of drug-likeness (QED) is 0.832. The second kappa shape index (κ2) is 6.86. The number of halogens is 1. The van der Waals surface area contributed by atoms with Crippen LogP contribution >= 0.6 is 11.6 Å². The SMILES string of the molecule is Cc1nn(Cc2ccc(Cl)cc2)c(C)c1S(=O)(=O)N1CCCCC1. The third-order valence-electron chi connectivity index (χ3n) is 4.47. The molecule has 1 saturated heterocycles. The first-order valence-electron chi connectivity index (χ1n) is 8.18. The Labute approximate surface area is 148 Å². The number of benzene rings is 1. The topological polar surface area (TPSA) is 55.2 Å². The summed E-state index contributed by atoms with van der Waals surface area (Å²) in [5, 5.41) is 5.15. The van der Waals surface area contributed by atoms with E-state index in [1.165, 1.54) is 0 Å². The third-order valence-corrected chi connectivity index (χ3v) is 6.88. The molecule has 1 aliphatic heterocycles. The van der Waals surface area contributed by atoms with Gasteiger partial charge in [-0.15, -0.1) is 0 Å². The highest BCUT2D eigenvalue weighted by Crippen LogP contribution is 2.26. The molecule has 5 nitrogen and oxygen atoms in total. The number of hydrogen-bond acceptors (Lipinski definition) is 3. The van der Waals surface area contributed by atoms with Crippen LogP contribution in [0.5, 0.6) is 0 Å². The van der Waals surface area contributed by atoms with Gasteiger partial charge in [0, 0.05) is 18.1 Å². The van der Waals surface area contributed by atoms with Crippen molar-refractivity contribution in [3.8, 4) is 0 Å². The molecule has 0 N–H and O–H groups in total. The molecule has 0 bridgehead atoms. The average Bonchev–Trinajstić information content (AvgIpc) is 2.85. The zero-order valence-corrected chi connectivity index (χ0v) is 15.6. The fourth-order valence-corrected chi connectivity index (χ4v) is 5.22. The maximum absolute atomic E-state index is 13.0. The van der Waals surface area contributed by atoms with Crippen molar-refractivity contribution in [1.82, 2.24) is 14.1 Å². The Balaban J connectivity index is 1.92. The molecule has 1 aromatic carbocycles. The first-order valence-corrected chi connectivity index (χ1v) is 10.00. The van der Waals surface area contributed by atoms with Crippen molar-refractivity contribution in [1.29, 1.82) is 0 Å². The standard InChI is InChI=1S/C17H22ClN3O2S/c1-13-17(24(22,23)20-10-4-3-5-11-20)14(2)21(19-13)12-15-6-8-16(18)9-7-15/h6-9H,3-5,10-12H2,1-2H3. The molecule has 0 radical (unpaired) electrons. The Morgan fingerprint density at radius 3 is 2.33 bits per heavy atom. The number of aryl methyl sites for hydroxylation is 1. The van der Waals surface area contributed by atoms with E-state index in [4.69, 9.17) is 11.6 Å². The van der Waals surface area contributed by atoms with E-state index < -0.39 is 10.0 Å². The molecular formula is C17H22ClN3O2S. The van der Waals surface area contributed by atoms with Gasteiger partial charge in [-0.25, -0.2) is 8.42 Å². The van der Waals surface area contributed by atoms with E-state index in [2.05, 4.69) is 5.10 Å². The molecule has 1 aliphatic rings. The van der Waals surface area contributed by atoms with Crippen molar-refractivity contribution in [2.24, 2.45) is 0 Å². The molecular weight excluding hydrogens is 346 g/mol. The van der Waals surface area contributed by atoms with Gasteiger partial charge in [0.2, 0.25) is 10.0 Å². The molecule has 0 unspecified atom stereocenters. The highest BCUT2D eigenvalue weighted by Gasteiger charge is 2.31. The van der Waals surface area contributed by atoms with Gasteiger partial charge in [0.1, 0.15) is 4.90 Å². The largest absolute Gasteiger partial charge is 0.264 e. The molecule has 1 fully saturated rings. The minimum atomic E-state index is -3.47. The Morgan fingerprint density at radius 2 is 1.71 bits per heavy atom. The van der Waals surface area contributed by atoms with Crippen LogP contribution in [0.1, 0.15) is 36.2 Å². The lowest BCUT2D eigenvalue weighted by atomic mass is 10.2. The van der Waals surface area contributed by atoms with Crippen LogP contribution in [-0.4, -0.2) is 35.6 Å². The van der Waals surface area contributed by atoms with Gasteiger partial charge in [-0.3, -0.25) is 4.68 Å². The van der Waals surface area contributed by atoms with Crippen molar-refractivity contribution in [3.63, 3.8) is 0 Å². The van der Waals surface area contributed by atoms with E-state index in [9.17, 15) is 8.42 Å². The average molecular weight is 368 g/mol. The fourth-order valence-electron chi connectivity index (χ4n) is 3.20. The van der Waals surface area contributed by atoms with Crippen LogP contribution < -0.4 is 0 Å². The highest BCUT2D eigenvalue weighted by atomic mass is 35.5. The summed E-state index contributed by atoms with van der Waals surface area (Å²) < 4.78 is 29.3. The van der Waals surface area contributed by atoms with Gasteiger partial charge in [0.05, 0.1) is 17.9 Å². The lowest BCUT2D eigenvalue weighted by molar-refractivity contribution is 0.346. The van der Waals surface area contributed by atoms with Crippen molar-refractivity contribution in [3.05, 3.63) is 46.2 Å². The van der Waals surface area contributed by atoms with Gasteiger partial charge in [-0.2, -0.15) is 9.40 Å². The van der Waals surface area contributed by atoms with E-state index in [0.717, 1.165) is 24.8 Å². The predicted octanol–water partition coefficient (Wildman–Crippen LogP) is 3.38. The Morgan fingerprint density at radius 1 is 1.08 bits per heavy atom. The summed E-state index contributed by atoms with van der Waals surface area (Å²) in [6, 6.07) is 7.51. The summed E-state index contributed by atoms with van der Waals surface area (Å²) in [6.07, 6.45) is 2.95. The zero-order valence-electron chi connectivity index (χ0n) is 14.0. The Kier molecular flexibility index (Phi) is 4.99. The fraction of sp³-hybridized carbons (Fsp3) is 0.471. The van der Waals surface area contributed by atoms with Crippen molar-refractivity contribution in [2.45, 2.75) is 44.6 Å². The van der Waals surface area contributed by atoms with Crippen LogP contribution in [0, 0.1) is 13.8 Å². The van der Waals surface area contributed by atoms with Gasteiger partial charge in [0.15, 0.2) is 0 Å². The molecule has 0 spiro atoms. The predicted molar refractivity (Wildman–Crippen MR) is 94.9 cm³/mol. The first-order chi connectivity index (χ1) is 11.4. The lowest BCUT2D eigenvalue weighted by Gasteiger charge is -2.26. The lowest BCUT2D eigenvalue weighted by Crippen LogP contribution is -2.36. The van der Waals surface area contributed by atoms with Crippen LogP contribution in [-0.2, 0) is 16.6 Å². The molecule has 0 atom stereocenters. The minimum absolute atomic E-state index is 0.360. The van der Waals surface area contributed by atoms with Crippen molar-refractivity contribution < 1.29 is 8.42 Å². The molecule has 7 heteroatoms. The van der Waals surface area contributed by atoms with Gasteiger partial charge in [-0.05, 0) is 44.4 Å². The molecule has 0 saturated carbocycles. The molecule has 0 amide bonds. The van der Waals surface area contributed by atoms with Gasteiger partial charge >= 0.3 is 0 Å². The number of nitrogens with zero attached hydrogens (tertiary/aromatic N) is 3.